The van der Waals surface area contributed by atoms with Gasteiger partial charge in [-0.2, -0.15) is 0 Å². The Balaban J connectivity index is 2.46. The van der Waals surface area contributed by atoms with Crippen molar-refractivity contribution in [3.05, 3.63) is 52.8 Å². The van der Waals surface area contributed by atoms with Crippen LogP contribution in [0.5, 0.6) is 5.75 Å². The minimum atomic E-state index is -3.98. The van der Waals surface area contributed by atoms with E-state index in [1.54, 1.807) is 24.3 Å². The van der Waals surface area contributed by atoms with Gasteiger partial charge in [0.05, 0.1) is 42.5 Å². The normalized spacial score (nSPS) is 11.4. The zero-order valence-corrected chi connectivity index (χ0v) is 15.7. The van der Waals surface area contributed by atoms with E-state index in [-0.39, 0.29) is 29.4 Å². The van der Waals surface area contributed by atoms with Crippen molar-refractivity contribution in [3.63, 3.8) is 0 Å². The summed E-state index contributed by atoms with van der Waals surface area (Å²) in [4.78, 5) is 0. The lowest BCUT2D eigenvalue weighted by Gasteiger charge is -2.25. The number of ether oxygens (including phenoxy) is 1. The van der Waals surface area contributed by atoms with Crippen molar-refractivity contribution in [1.82, 2.24) is 0 Å². The number of sulfonamides is 1. The highest BCUT2D eigenvalue weighted by Gasteiger charge is 2.26. The quantitative estimate of drug-likeness (QED) is 0.680. The van der Waals surface area contributed by atoms with E-state index in [9.17, 15) is 17.2 Å². The van der Waals surface area contributed by atoms with Crippen LogP contribution in [0.3, 0.4) is 0 Å². The first-order chi connectivity index (χ1) is 12.3. The SMILES string of the molecule is COc1ccc(CN(c2ccc(Cl)c(N)c2F)S(=O)(=O)CCCF)cc1. The van der Waals surface area contributed by atoms with Gasteiger partial charge in [-0.3, -0.25) is 8.70 Å². The zero-order valence-electron chi connectivity index (χ0n) is 14.1. The Kier molecular flexibility index (Phi) is 6.66. The monoisotopic (exact) mass is 404 g/mol. The number of methoxy groups -OCH3 is 1. The maximum absolute atomic E-state index is 14.6. The molecule has 0 fully saturated rings. The third-order valence-electron chi connectivity index (χ3n) is 3.73. The van der Waals surface area contributed by atoms with Crippen molar-refractivity contribution in [2.24, 2.45) is 0 Å². The molecule has 0 aromatic heterocycles. The second-order valence-corrected chi connectivity index (χ2v) is 7.93. The predicted molar refractivity (Wildman–Crippen MR) is 99.4 cm³/mol. The lowest BCUT2D eigenvalue weighted by Crippen LogP contribution is -2.33. The number of hydrogen-bond acceptors (Lipinski definition) is 4. The average Bonchev–Trinajstić information content (AvgIpc) is 2.63. The summed E-state index contributed by atoms with van der Waals surface area (Å²) in [5, 5.41) is -0.0168. The number of benzene rings is 2. The molecule has 9 heteroatoms. The summed E-state index contributed by atoms with van der Waals surface area (Å²) < 4.78 is 58.3. The van der Waals surface area contributed by atoms with Crippen LogP contribution in [0.2, 0.25) is 5.02 Å². The molecule has 142 valence electrons. The molecule has 0 radical (unpaired) electrons. The molecule has 0 heterocycles. The molecule has 0 saturated carbocycles. The van der Waals surface area contributed by atoms with E-state index >= 15 is 0 Å². The number of nitrogen functional groups attached to an aromatic ring is 1. The van der Waals surface area contributed by atoms with Gasteiger partial charge in [-0.15, -0.1) is 0 Å². The molecule has 0 bridgehead atoms. The Hall–Kier alpha value is -2.06. The van der Waals surface area contributed by atoms with Gasteiger partial charge in [0.2, 0.25) is 10.0 Å². The molecule has 0 saturated heterocycles. The predicted octanol–water partition coefficient (Wildman–Crippen LogP) is 3.77. The summed E-state index contributed by atoms with van der Waals surface area (Å²) >= 11 is 5.79. The molecule has 0 spiro atoms. The van der Waals surface area contributed by atoms with Gasteiger partial charge in [0.15, 0.2) is 5.82 Å². The minimum Gasteiger partial charge on any atom is -0.497 e. The molecule has 5 nitrogen and oxygen atoms in total. The molecule has 2 aromatic carbocycles. The first-order valence-corrected chi connectivity index (χ1v) is 9.71. The molecule has 2 aromatic rings. The highest BCUT2D eigenvalue weighted by atomic mass is 35.5. The molecule has 2 rings (SSSR count). The van der Waals surface area contributed by atoms with Crippen LogP contribution in [0.15, 0.2) is 36.4 Å². The van der Waals surface area contributed by atoms with E-state index in [1.807, 2.05) is 0 Å². The summed E-state index contributed by atoms with van der Waals surface area (Å²) in [6.45, 7) is -0.933. The Morgan fingerprint density at radius 1 is 1.19 bits per heavy atom. The first-order valence-electron chi connectivity index (χ1n) is 7.73. The van der Waals surface area contributed by atoms with Gasteiger partial charge in [-0.1, -0.05) is 23.7 Å². The highest BCUT2D eigenvalue weighted by molar-refractivity contribution is 7.92. The van der Waals surface area contributed by atoms with E-state index < -0.39 is 28.3 Å². The van der Waals surface area contributed by atoms with Crippen LogP contribution >= 0.6 is 11.6 Å². The van der Waals surface area contributed by atoms with Gasteiger partial charge >= 0.3 is 0 Å². The van der Waals surface area contributed by atoms with Gasteiger partial charge in [0, 0.05) is 0 Å². The second kappa shape index (κ2) is 8.55. The van der Waals surface area contributed by atoms with Crippen LogP contribution in [-0.4, -0.2) is 28.0 Å². The molecule has 0 aliphatic carbocycles. The van der Waals surface area contributed by atoms with Crippen molar-refractivity contribution in [1.29, 1.82) is 0 Å². The number of nitrogens with zero attached hydrogens (tertiary/aromatic N) is 1. The Morgan fingerprint density at radius 2 is 1.85 bits per heavy atom. The smallest absolute Gasteiger partial charge is 0.235 e. The number of halogens is 3. The standard InChI is InChI=1S/C17H19ClF2N2O3S/c1-25-13-5-3-12(4-6-13)11-22(26(23,24)10-2-9-19)15-8-7-14(18)17(21)16(15)20/h3-8H,2,9-11,21H2,1H3. The molecular formula is C17H19ClF2N2O3S. The van der Waals surface area contributed by atoms with Crippen molar-refractivity contribution in [3.8, 4) is 5.75 Å². The minimum absolute atomic E-state index is 0.0168. The van der Waals surface area contributed by atoms with E-state index in [0.717, 1.165) is 4.31 Å². The zero-order chi connectivity index (χ0) is 19.3. The lowest BCUT2D eigenvalue weighted by molar-refractivity contribution is 0.414. The third kappa shape index (κ3) is 4.56. The van der Waals surface area contributed by atoms with Crippen molar-refractivity contribution in [2.75, 3.05) is 29.6 Å². The summed E-state index contributed by atoms with van der Waals surface area (Å²) in [6, 6.07) is 9.20. The Bertz CT molecular complexity index is 861. The highest BCUT2D eigenvalue weighted by Crippen LogP contribution is 2.33. The fourth-order valence-corrected chi connectivity index (χ4v) is 3.95. The Morgan fingerprint density at radius 3 is 2.42 bits per heavy atom. The lowest BCUT2D eigenvalue weighted by atomic mass is 10.2. The van der Waals surface area contributed by atoms with Gasteiger partial charge in [-0.05, 0) is 36.2 Å². The van der Waals surface area contributed by atoms with E-state index in [2.05, 4.69) is 0 Å². The van der Waals surface area contributed by atoms with E-state index in [4.69, 9.17) is 22.1 Å². The van der Waals surface area contributed by atoms with Crippen molar-refractivity contribution < 1.29 is 21.9 Å². The summed E-state index contributed by atoms with van der Waals surface area (Å²) in [5.41, 5.74) is 5.61. The van der Waals surface area contributed by atoms with Crippen LogP contribution in [0, 0.1) is 5.82 Å². The number of hydrogen-bond donors (Lipinski definition) is 1. The Labute approximate surface area is 156 Å². The molecule has 0 aliphatic rings. The molecule has 0 aliphatic heterocycles. The first kappa shape index (κ1) is 20.3. The second-order valence-electron chi connectivity index (χ2n) is 5.51. The number of alkyl halides is 1. The van der Waals surface area contributed by atoms with Crippen LogP contribution < -0.4 is 14.8 Å². The fraction of sp³-hybridized carbons (Fsp3) is 0.294. The molecule has 0 amide bonds. The van der Waals surface area contributed by atoms with Crippen LogP contribution in [0.4, 0.5) is 20.2 Å². The van der Waals surface area contributed by atoms with E-state index in [0.29, 0.717) is 11.3 Å². The summed E-state index contributed by atoms with van der Waals surface area (Å²) in [7, 11) is -2.47. The topological polar surface area (TPSA) is 72.6 Å². The average molecular weight is 405 g/mol. The van der Waals surface area contributed by atoms with Crippen LogP contribution in [0.25, 0.3) is 0 Å². The largest absolute Gasteiger partial charge is 0.497 e. The van der Waals surface area contributed by atoms with Crippen molar-refractivity contribution >= 4 is 33.0 Å². The van der Waals surface area contributed by atoms with E-state index in [1.165, 1.54) is 19.2 Å². The molecule has 26 heavy (non-hydrogen) atoms. The van der Waals surface area contributed by atoms with Crippen molar-refractivity contribution in [2.45, 2.75) is 13.0 Å². The molecule has 2 N–H and O–H groups in total. The van der Waals surface area contributed by atoms with Gasteiger partial charge < -0.3 is 10.5 Å². The molecule has 0 unspecified atom stereocenters. The van der Waals surface area contributed by atoms with Crippen LogP contribution in [0.1, 0.15) is 12.0 Å². The van der Waals surface area contributed by atoms with Gasteiger partial charge in [0.1, 0.15) is 5.75 Å². The molecule has 0 atom stereocenters. The number of nitrogens with two attached hydrogens (primary N) is 1. The number of rotatable bonds is 8. The molecular weight excluding hydrogens is 386 g/mol. The summed E-state index contributed by atoms with van der Waals surface area (Å²) in [5.74, 6) is -0.793. The maximum atomic E-state index is 14.6. The third-order valence-corrected chi connectivity index (χ3v) is 5.86. The summed E-state index contributed by atoms with van der Waals surface area (Å²) in [6.07, 6.45) is -0.188. The maximum Gasteiger partial charge on any atom is 0.235 e. The fourth-order valence-electron chi connectivity index (χ4n) is 2.33. The van der Waals surface area contributed by atoms with Gasteiger partial charge in [0.25, 0.3) is 0 Å². The number of anilines is 2. The van der Waals surface area contributed by atoms with Gasteiger partial charge in [-0.25, -0.2) is 12.8 Å². The van der Waals surface area contributed by atoms with Crippen LogP contribution in [-0.2, 0) is 16.6 Å².